The summed E-state index contributed by atoms with van der Waals surface area (Å²) in [6.45, 7) is 5.14. The Labute approximate surface area is 155 Å². The third kappa shape index (κ3) is 4.34. The van der Waals surface area contributed by atoms with E-state index in [0.29, 0.717) is 30.8 Å². The van der Waals surface area contributed by atoms with Gasteiger partial charge in [-0.15, -0.1) is 0 Å². The number of hydrogen-bond donors (Lipinski definition) is 2. The number of hydrogen-bond acceptors (Lipinski definition) is 4. The van der Waals surface area contributed by atoms with Crippen LogP contribution in [0.25, 0.3) is 0 Å². The molecule has 1 aromatic rings. The number of rotatable bonds is 5. The predicted octanol–water partition coefficient (Wildman–Crippen LogP) is 1.82. The molecule has 0 radical (unpaired) electrons. The highest BCUT2D eigenvalue weighted by Crippen LogP contribution is 2.24. The second-order valence-corrected chi connectivity index (χ2v) is 8.85. The standard InChI is InChI=1S/C19H27N3O3S/c1-15-5-6-17(19(23)21-14-16-7-9-20-10-8-16)13-18(15)26(24,25)22-11-3-2-4-12-22/h5-7,13,20H,2-4,8-12,14H2,1H3,(H,21,23). The van der Waals surface area contributed by atoms with Crippen molar-refractivity contribution in [1.29, 1.82) is 0 Å². The molecule has 1 aromatic carbocycles. The number of sulfonamides is 1. The summed E-state index contributed by atoms with van der Waals surface area (Å²) < 4.78 is 27.5. The van der Waals surface area contributed by atoms with Gasteiger partial charge in [0.25, 0.3) is 5.91 Å². The van der Waals surface area contributed by atoms with Gasteiger partial charge in [-0.25, -0.2) is 8.42 Å². The summed E-state index contributed by atoms with van der Waals surface area (Å²) in [5, 5.41) is 6.14. The highest BCUT2D eigenvalue weighted by molar-refractivity contribution is 7.89. The minimum atomic E-state index is -3.55. The topological polar surface area (TPSA) is 78.5 Å². The van der Waals surface area contributed by atoms with Crippen molar-refractivity contribution in [2.24, 2.45) is 0 Å². The van der Waals surface area contributed by atoms with Crippen molar-refractivity contribution in [3.63, 3.8) is 0 Å². The molecule has 0 spiro atoms. The fourth-order valence-electron chi connectivity index (χ4n) is 3.39. The average molecular weight is 378 g/mol. The quantitative estimate of drug-likeness (QED) is 0.767. The highest BCUT2D eigenvalue weighted by Gasteiger charge is 2.28. The average Bonchev–Trinajstić information content (AvgIpc) is 2.68. The normalized spacial score (nSPS) is 19.0. The molecule has 0 aromatic heterocycles. The van der Waals surface area contributed by atoms with Crippen LogP contribution in [-0.2, 0) is 10.0 Å². The third-order valence-corrected chi connectivity index (χ3v) is 7.06. The zero-order chi connectivity index (χ0) is 18.6. The van der Waals surface area contributed by atoms with E-state index in [1.807, 2.05) is 0 Å². The van der Waals surface area contributed by atoms with E-state index in [-0.39, 0.29) is 10.8 Å². The largest absolute Gasteiger partial charge is 0.348 e. The van der Waals surface area contributed by atoms with E-state index < -0.39 is 10.0 Å². The maximum Gasteiger partial charge on any atom is 0.251 e. The number of amides is 1. The lowest BCUT2D eigenvalue weighted by molar-refractivity contribution is 0.0956. The fraction of sp³-hybridized carbons (Fsp3) is 0.526. The molecule has 26 heavy (non-hydrogen) atoms. The molecule has 0 saturated carbocycles. The van der Waals surface area contributed by atoms with Crippen molar-refractivity contribution in [2.75, 3.05) is 32.7 Å². The number of benzene rings is 1. The van der Waals surface area contributed by atoms with Gasteiger partial charge in [-0.2, -0.15) is 4.31 Å². The van der Waals surface area contributed by atoms with Crippen LogP contribution in [0.5, 0.6) is 0 Å². The summed E-state index contributed by atoms with van der Waals surface area (Å²) in [4.78, 5) is 12.7. The number of nitrogens with one attached hydrogen (secondary N) is 2. The van der Waals surface area contributed by atoms with E-state index in [2.05, 4.69) is 16.7 Å². The van der Waals surface area contributed by atoms with Gasteiger partial charge in [0.05, 0.1) is 4.90 Å². The van der Waals surface area contributed by atoms with Crippen molar-refractivity contribution < 1.29 is 13.2 Å². The zero-order valence-electron chi connectivity index (χ0n) is 15.3. The van der Waals surface area contributed by atoms with Crippen LogP contribution in [-0.4, -0.2) is 51.4 Å². The lowest BCUT2D eigenvalue weighted by Gasteiger charge is -2.26. The third-order valence-electron chi connectivity index (χ3n) is 5.02. The van der Waals surface area contributed by atoms with Crippen molar-refractivity contribution in [2.45, 2.75) is 37.5 Å². The van der Waals surface area contributed by atoms with Crippen molar-refractivity contribution >= 4 is 15.9 Å². The maximum absolute atomic E-state index is 13.0. The number of nitrogens with zero attached hydrogens (tertiary/aromatic N) is 1. The van der Waals surface area contributed by atoms with Crippen LogP contribution in [0.4, 0.5) is 0 Å². The van der Waals surface area contributed by atoms with Gasteiger partial charge >= 0.3 is 0 Å². The van der Waals surface area contributed by atoms with Gasteiger partial charge in [0.1, 0.15) is 0 Å². The molecule has 2 N–H and O–H groups in total. The van der Waals surface area contributed by atoms with Crippen molar-refractivity contribution in [3.8, 4) is 0 Å². The molecule has 6 nitrogen and oxygen atoms in total. The first kappa shape index (κ1) is 19.1. The number of piperidine rings is 1. The molecule has 142 valence electrons. The molecule has 2 aliphatic rings. The van der Waals surface area contributed by atoms with E-state index in [1.54, 1.807) is 23.4 Å². The van der Waals surface area contributed by atoms with E-state index in [0.717, 1.165) is 38.8 Å². The Balaban J connectivity index is 1.76. The number of carbonyl (C=O) groups excluding carboxylic acids is 1. The first-order valence-corrected chi connectivity index (χ1v) is 10.7. The molecule has 0 atom stereocenters. The Morgan fingerprint density at radius 3 is 2.69 bits per heavy atom. The van der Waals surface area contributed by atoms with Crippen molar-refractivity contribution in [1.82, 2.24) is 14.9 Å². The van der Waals surface area contributed by atoms with Crippen molar-refractivity contribution in [3.05, 3.63) is 41.0 Å². The molecule has 1 saturated heterocycles. The smallest absolute Gasteiger partial charge is 0.251 e. The van der Waals surface area contributed by atoms with Crippen LogP contribution in [0, 0.1) is 6.92 Å². The van der Waals surface area contributed by atoms with Crippen LogP contribution in [0.15, 0.2) is 34.7 Å². The van der Waals surface area contributed by atoms with Crippen LogP contribution in [0.2, 0.25) is 0 Å². The molecule has 0 unspecified atom stereocenters. The molecule has 1 amide bonds. The van der Waals surface area contributed by atoms with Gasteiger partial charge < -0.3 is 10.6 Å². The van der Waals surface area contributed by atoms with Gasteiger partial charge in [-0.3, -0.25) is 4.79 Å². The van der Waals surface area contributed by atoms with Crippen LogP contribution in [0.1, 0.15) is 41.6 Å². The van der Waals surface area contributed by atoms with Gasteiger partial charge in [0.15, 0.2) is 0 Å². The van der Waals surface area contributed by atoms with E-state index in [1.165, 1.54) is 11.6 Å². The summed E-state index contributed by atoms with van der Waals surface area (Å²) in [5.74, 6) is -0.237. The van der Waals surface area contributed by atoms with Gasteiger partial charge in [0, 0.05) is 31.7 Å². The highest BCUT2D eigenvalue weighted by atomic mass is 32.2. The lowest BCUT2D eigenvalue weighted by Crippen LogP contribution is -2.36. The van der Waals surface area contributed by atoms with E-state index >= 15 is 0 Å². The second kappa shape index (κ2) is 8.33. The first-order chi connectivity index (χ1) is 12.5. The minimum Gasteiger partial charge on any atom is -0.348 e. The zero-order valence-corrected chi connectivity index (χ0v) is 16.1. The first-order valence-electron chi connectivity index (χ1n) is 9.26. The molecule has 3 rings (SSSR count). The van der Waals surface area contributed by atoms with Gasteiger partial charge in [-0.05, 0) is 50.4 Å². The number of aryl methyl sites for hydroxylation is 1. The molecule has 2 aliphatic heterocycles. The van der Waals surface area contributed by atoms with Crippen LogP contribution >= 0.6 is 0 Å². The lowest BCUT2D eigenvalue weighted by atomic mass is 10.1. The second-order valence-electron chi connectivity index (χ2n) is 6.94. The molecule has 2 heterocycles. The summed E-state index contributed by atoms with van der Waals surface area (Å²) in [6, 6.07) is 4.93. The Morgan fingerprint density at radius 2 is 2.00 bits per heavy atom. The van der Waals surface area contributed by atoms with Gasteiger partial charge in [-0.1, -0.05) is 24.1 Å². The molecule has 7 heteroatoms. The fourth-order valence-corrected chi connectivity index (χ4v) is 5.16. The molecule has 0 aliphatic carbocycles. The van der Waals surface area contributed by atoms with Crippen LogP contribution in [0.3, 0.4) is 0 Å². The Bertz CT molecular complexity index is 796. The van der Waals surface area contributed by atoms with E-state index in [9.17, 15) is 13.2 Å². The van der Waals surface area contributed by atoms with Gasteiger partial charge in [0.2, 0.25) is 10.0 Å². The predicted molar refractivity (Wildman–Crippen MR) is 102 cm³/mol. The maximum atomic E-state index is 13.0. The molecular formula is C19H27N3O3S. The number of carbonyl (C=O) groups is 1. The molecular weight excluding hydrogens is 350 g/mol. The molecule has 0 bridgehead atoms. The SMILES string of the molecule is Cc1ccc(C(=O)NCC2=CCNCC2)cc1S(=O)(=O)N1CCCCC1. The summed E-state index contributed by atoms with van der Waals surface area (Å²) >= 11 is 0. The monoisotopic (exact) mass is 377 g/mol. The molecule has 1 fully saturated rings. The summed E-state index contributed by atoms with van der Waals surface area (Å²) in [7, 11) is -3.55. The minimum absolute atomic E-state index is 0.237. The Kier molecular flexibility index (Phi) is 6.11. The Morgan fingerprint density at radius 1 is 1.23 bits per heavy atom. The van der Waals surface area contributed by atoms with E-state index in [4.69, 9.17) is 0 Å². The van der Waals surface area contributed by atoms with Crippen LogP contribution < -0.4 is 10.6 Å². The Hall–Kier alpha value is -1.70. The summed E-state index contributed by atoms with van der Waals surface area (Å²) in [6.07, 6.45) is 5.86. The summed E-state index contributed by atoms with van der Waals surface area (Å²) in [5.41, 5.74) is 2.26.